The van der Waals surface area contributed by atoms with Crippen molar-refractivity contribution in [3.8, 4) is 0 Å². The molecule has 2 rings (SSSR count). The molecule has 4 heteroatoms. The summed E-state index contributed by atoms with van der Waals surface area (Å²) in [6.45, 7) is 7.21. The second-order valence-corrected chi connectivity index (χ2v) is 5.76. The molecule has 20 heavy (non-hydrogen) atoms. The zero-order valence-corrected chi connectivity index (χ0v) is 13.6. The summed E-state index contributed by atoms with van der Waals surface area (Å²) in [5, 5.41) is 3.13. The van der Waals surface area contributed by atoms with Gasteiger partial charge in [-0.3, -0.25) is 9.69 Å². The lowest BCUT2D eigenvalue weighted by Crippen LogP contribution is -2.44. The molecule has 1 N–H and O–H groups in total. The van der Waals surface area contributed by atoms with Crippen molar-refractivity contribution >= 4 is 24.0 Å². The van der Waals surface area contributed by atoms with Crippen molar-refractivity contribution in [2.45, 2.75) is 46.1 Å². The molecule has 1 unspecified atom stereocenters. The van der Waals surface area contributed by atoms with Crippen LogP contribution in [0.5, 0.6) is 0 Å². The van der Waals surface area contributed by atoms with Gasteiger partial charge in [0.05, 0.1) is 6.04 Å². The molecule has 1 aliphatic heterocycles. The highest BCUT2D eigenvalue weighted by Gasteiger charge is 2.26. The number of halogens is 1. The van der Waals surface area contributed by atoms with Crippen LogP contribution in [0.25, 0.3) is 0 Å². The first-order valence-electron chi connectivity index (χ1n) is 7.08. The van der Waals surface area contributed by atoms with Crippen molar-refractivity contribution < 1.29 is 4.79 Å². The number of hydrogen-bond donors (Lipinski definition) is 1. The van der Waals surface area contributed by atoms with Gasteiger partial charge in [-0.25, -0.2) is 0 Å². The van der Waals surface area contributed by atoms with Gasteiger partial charge in [-0.05, 0) is 58.3 Å². The van der Waals surface area contributed by atoms with Crippen LogP contribution >= 0.6 is 12.4 Å². The van der Waals surface area contributed by atoms with Crippen LogP contribution in [0.3, 0.4) is 0 Å². The summed E-state index contributed by atoms with van der Waals surface area (Å²) >= 11 is 0. The molecule has 0 saturated carbocycles. The van der Waals surface area contributed by atoms with Crippen molar-refractivity contribution in [3.05, 3.63) is 28.8 Å². The number of carbonyl (C=O) groups excluding carboxylic acids is 1. The predicted molar refractivity (Wildman–Crippen MR) is 86.8 cm³/mol. The quantitative estimate of drug-likeness (QED) is 0.906. The van der Waals surface area contributed by atoms with Crippen LogP contribution in [0.1, 0.15) is 36.0 Å². The Morgan fingerprint density at radius 3 is 2.35 bits per heavy atom. The highest BCUT2D eigenvalue weighted by atomic mass is 35.5. The van der Waals surface area contributed by atoms with Crippen molar-refractivity contribution in [2.75, 3.05) is 18.9 Å². The van der Waals surface area contributed by atoms with Crippen LogP contribution in [0, 0.1) is 20.8 Å². The number of anilines is 1. The molecular weight excluding hydrogens is 272 g/mol. The Balaban J connectivity index is 0.00000200. The highest BCUT2D eigenvalue weighted by Crippen LogP contribution is 2.23. The van der Waals surface area contributed by atoms with Crippen LogP contribution < -0.4 is 5.32 Å². The number of rotatable bonds is 2. The summed E-state index contributed by atoms with van der Waals surface area (Å²) in [5.41, 5.74) is 4.51. The minimum absolute atomic E-state index is 0. The first-order valence-corrected chi connectivity index (χ1v) is 7.08. The topological polar surface area (TPSA) is 32.3 Å². The maximum atomic E-state index is 12.4. The Labute approximate surface area is 128 Å². The summed E-state index contributed by atoms with van der Waals surface area (Å²) in [4.78, 5) is 14.6. The average molecular weight is 297 g/mol. The van der Waals surface area contributed by atoms with E-state index in [1.165, 1.54) is 12.0 Å². The van der Waals surface area contributed by atoms with Crippen LogP contribution in [-0.2, 0) is 4.79 Å². The van der Waals surface area contributed by atoms with Crippen LogP contribution in [0.15, 0.2) is 12.1 Å². The average Bonchev–Trinajstić information content (AvgIpc) is 2.34. The molecule has 0 aliphatic carbocycles. The number of nitrogens with one attached hydrogen (secondary N) is 1. The molecule has 1 atom stereocenters. The van der Waals surface area contributed by atoms with E-state index < -0.39 is 0 Å². The van der Waals surface area contributed by atoms with Gasteiger partial charge in [-0.15, -0.1) is 12.4 Å². The normalized spacial score (nSPS) is 19.3. The van der Waals surface area contributed by atoms with Gasteiger partial charge >= 0.3 is 0 Å². The zero-order chi connectivity index (χ0) is 14.0. The van der Waals surface area contributed by atoms with Gasteiger partial charge in [-0.2, -0.15) is 0 Å². The number of carbonyl (C=O) groups is 1. The molecule has 1 aromatic rings. The number of aryl methyl sites for hydroxylation is 3. The second kappa shape index (κ2) is 7.09. The van der Waals surface area contributed by atoms with Crippen LogP contribution in [0.4, 0.5) is 5.69 Å². The maximum Gasteiger partial charge on any atom is 0.241 e. The minimum Gasteiger partial charge on any atom is -0.324 e. The Bertz CT molecular complexity index is 464. The lowest BCUT2D eigenvalue weighted by Gasteiger charge is -2.31. The van der Waals surface area contributed by atoms with Gasteiger partial charge in [0.1, 0.15) is 0 Å². The van der Waals surface area contributed by atoms with E-state index in [0.29, 0.717) is 0 Å². The third-order valence-corrected chi connectivity index (χ3v) is 4.00. The molecule has 1 amide bonds. The molecule has 1 heterocycles. The van der Waals surface area contributed by atoms with E-state index >= 15 is 0 Å². The standard InChI is InChI=1S/C16H24N2O.ClH/c1-11-9-12(2)15(13(3)10-11)17-16(19)14-7-5-6-8-18(14)4;/h9-10,14H,5-8H2,1-4H3,(H,17,19);1H. The number of benzene rings is 1. The van der Waals surface area contributed by atoms with Crippen LogP contribution in [0.2, 0.25) is 0 Å². The maximum absolute atomic E-state index is 12.4. The molecule has 1 aliphatic rings. The Kier molecular flexibility index (Phi) is 6.03. The molecule has 1 aromatic carbocycles. The number of amides is 1. The molecule has 0 radical (unpaired) electrons. The van der Waals surface area contributed by atoms with Gasteiger partial charge < -0.3 is 5.32 Å². The first-order chi connectivity index (χ1) is 8.99. The molecule has 1 fully saturated rings. The fraction of sp³-hybridized carbons (Fsp3) is 0.562. The van der Waals surface area contributed by atoms with Crippen molar-refractivity contribution in [1.82, 2.24) is 4.90 Å². The number of hydrogen-bond acceptors (Lipinski definition) is 2. The van der Waals surface area contributed by atoms with E-state index in [1.54, 1.807) is 0 Å². The number of likely N-dealkylation sites (N-methyl/N-ethyl adjacent to an activating group) is 1. The zero-order valence-electron chi connectivity index (χ0n) is 12.8. The van der Waals surface area contributed by atoms with Gasteiger partial charge in [0.15, 0.2) is 0 Å². The third kappa shape index (κ3) is 3.74. The lowest BCUT2D eigenvalue weighted by molar-refractivity contribution is -0.121. The summed E-state index contributed by atoms with van der Waals surface area (Å²) in [7, 11) is 2.04. The largest absolute Gasteiger partial charge is 0.324 e. The van der Waals surface area contributed by atoms with Gasteiger partial charge in [0.25, 0.3) is 0 Å². The fourth-order valence-electron chi connectivity index (χ4n) is 2.99. The predicted octanol–water partition coefficient (Wildman–Crippen LogP) is 3.46. The molecule has 0 spiro atoms. The summed E-state index contributed by atoms with van der Waals surface area (Å²) in [6, 6.07) is 4.26. The van der Waals surface area contributed by atoms with E-state index in [2.05, 4.69) is 43.1 Å². The van der Waals surface area contributed by atoms with Gasteiger partial charge in [0, 0.05) is 5.69 Å². The fourth-order valence-corrected chi connectivity index (χ4v) is 2.99. The number of likely N-dealkylation sites (tertiary alicyclic amines) is 1. The van der Waals surface area contributed by atoms with Gasteiger partial charge in [-0.1, -0.05) is 24.1 Å². The third-order valence-electron chi connectivity index (χ3n) is 4.00. The summed E-state index contributed by atoms with van der Waals surface area (Å²) in [6.07, 6.45) is 3.31. The Hall–Kier alpha value is -1.06. The molecule has 0 aromatic heterocycles. The van der Waals surface area contributed by atoms with Crippen molar-refractivity contribution in [2.24, 2.45) is 0 Å². The molecule has 1 saturated heterocycles. The molecule has 0 bridgehead atoms. The first kappa shape index (κ1) is 17.0. The molecular formula is C16H25ClN2O. The monoisotopic (exact) mass is 296 g/mol. The van der Waals surface area contributed by atoms with E-state index in [1.807, 2.05) is 7.05 Å². The van der Waals surface area contributed by atoms with Crippen molar-refractivity contribution in [1.29, 1.82) is 0 Å². The SMILES string of the molecule is Cc1cc(C)c(NC(=O)C2CCCCN2C)c(C)c1.Cl. The van der Waals surface area contributed by atoms with Gasteiger partial charge in [0.2, 0.25) is 5.91 Å². The van der Waals surface area contributed by atoms with Crippen LogP contribution in [-0.4, -0.2) is 30.4 Å². The lowest BCUT2D eigenvalue weighted by atomic mass is 10.0. The summed E-state index contributed by atoms with van der Waals surface area (Å²) in [5.74, 6) is 0.136. The van der Waals surface area contributed by atoms with E-state index in [0.717, 1.165) is 36.2 Å². The minimum atomic E-state index is 0. The number of nitrogens with zero attached hydrogens (tertiary/aromatic N) is 1. The van der Waals surface area contributed by atoms with E-state index in [9.17, 15) is 4.79 Å². The smallest absolute Gasteiger partial charge is 0.241 e. The molecule has 3 nitrogen and oxygen atoms in total. The Morgan fingerprint density at radius 1 is 1.20 bits per heavy atom. The second-order valence-electron chi connectivity index (χ2n) is 5.76. The number of piperidine rings is 1. The van der Waals surface area contributed by atoms with E-state index in [-0.39, 0.29) is 24.4 Å². The van der Waals surface area contributed by atoms with E-state index in [4.69, 9.17) is 0 Å². The highest BCUT2D eigenvalue weighted by molar-refractivity contribution is 5.96. The Morgan fingerprint density at radius 2 is 1.80 bits per heavy atom. The van der Waals surface area contributed by atoms with Crippen molar-refractivity contribution in [3.63, 3.8) is 0 Å². The molecule has 112 valence electrons. The summed E-state index contributed by atoms with van der Waals surface area (Å²) < 4.78 is 0.